The largest absolute Gasteiger partial charge is 0.339 e. The molecule has 0 N–H and O–H groups in total. The molecule has 94 valence electrons. The normalized spacial score (nSPS) is 19.1. The van der Waals surface area contributed by atoms with E-state index in [0.717, 1.165) is 0 Å². The first kappa shape index (κ1) is 16.0. The van der Waals surface area contributed by atoms with Gasteiger partial charge in [-0.3, -0.25) is 13.6 Å². The maximum atomic E-state index is 12.5. The lowest BCUT2D eigenvalue weighted by molar-refractivity contribution is 0.110. The van der Waals surface area contributed by atoms with E-state index in [1.807, 2.05) is 6.92 Å². The molecule has 0 aromatic rings. The van der Waals surface area contributed by atoms with Gasteiger partial charge in [-0.05, 0) is 20.3 Å². The number of hydrogen-bond donors (Lipinski definition) is 0. The second-order valence-electron chi connectivity index (χ2n) is 3.81. The summed E-state index contributed by atoms with van der Waals surface area (Å²) in [6, 6.07) is 0. The zero-order chi connectivity index (χ0) is 13.5. The van der Waals surface area contributed by atoms with Crippen LogP contribution < -0.4 is 0 Å². The van der Waals surface area contributed by atoms with Crippen LogP contribution >= 0.6 is 7.60 Å². The molecule has 0 bridgehead atoms. The molecular weight excluding hydrogens is 235 g/mol. The minimum atomic E-state index is -3.38. The Balaban J connectivity index is 5.09. The minimum Gasteiger partial charge on any atom is -0.295 e. The van der Waals surface area contributed by atoms with Crippen molar-refractivity contribution in [3.8, 4) is 24.7 Å². The van der Waals surface area contributed by atoms with Crippen LogP contribution in [0.3, 0.4) is 0 Å². The molecule has 4 heteroatoms. The fraction of sp³-hybridized carbons (Fsp3) is 0.538. The highest BCUT2D eigenvalue weighted by atomic mass is 31.2. The second-order valence-corrected chi connectivity index (χ2v) is 6.15. The van der Waals surface area contributed by atoms with Crippen LogP contribution in [0.1, 0.15) is 27.2 Å². The Morgan fingerprint density at radius 2 is 2.18 bits per heavy atom. The quantitative estimate of drug-likeness (QED) is 0.397. The van der Waals surface area contributed by atoms with Gasteiger partial charge in [0.15, 0.2) is 0 Å². The van der Waals surface area contributed by atoms with E-state index in [1.54, 1.807) is 13.8 Å². The van der Waals surface area contributed by atoms with E-state index in [4.69, 9.17) is 21.9 Å². The molecular formula is C13H19O3P. The summed E-state index contributed by atoms with van der Waals surface area (Å²) in [6.45, 7) is 8.73. The lowest BCUT2D eigenvalue weighted by Gasteiger charge is -2.30. The van der Waals surface area contributed by atoms with E-state index in [2.05, 4.69) is 18.4 Å². The van der Waals surface area contributed by atoms with Crippen LogP contribution in [0.25, 0.3) is 0 Å². The summed E-state index contributed by atoms with van der Waals surface area (Å²) in [5, 5.41) is 0. The van der Waals surface area contributed by atoms with Gasteiger partial charge in [0.2, 0.25) is 0 Å². The van der Waals surface area contributed by atoms with Gasteiger partial charge >= 0.3 is 7.60 Å². The fourth-order valence-corrected chi connectivity index (χ4v) is 2.67. The zero-order valence-corrected chi connectivity index (χ0v) is 11.5. The smallest absolute Gasteiger partial charge is 0.295 e. The number of hydrogen-bond acceptors (Lipinski definition) is 3. The van der Waals surface area contributed by atoms with Crippen molar-refractivity contribution in [1.29, 1.82) is 0 Å². The SMILES string of the molecule is C#CCOP(=O)(OC(C)(C#C)CC)C(C)C=C. The number of allylic oxidation sites excluding steroid dienone is 1. The Morgan fingerprint density at radius 1 is 1.59 bits per heavy atom. The number of rotatable bonds is 7. The molecule has 3 nitrogen and oxygen atoms in total. The van der Waals surface area contributed by atoms with Crippen molar-refractivity contribution in [2.24, 2.45) is 0 Å². The van der Waals surface area contributed by atoms with Crippen LogP contribution in [0.15, 0.2) is 12.7 Å². The summed E-state index contributed by atoms with van der Waals surface area (Å²) in [6.07, 6.45) is 12.5. The van der Waals surface area contributed by atoms with Crippen molar-refractivity contribution < 1.29 is 13.6 Å². The molecule has 17 heavy (non-hydrogen) atoms. The molecule has 0 aliphatic rings. The molecule has 0 radical (unpaired) electrons. The second kappa shape index (κ2) is 6.67. The minimum absolute atomic E-state index is 0.0835. The van der Waals surface area contributed by atoms with Gasteiger partial charge in [-0.2, -0.15) is 0 Å². The summed E-state index contributed by atoms with van der Waals surface area (Å²) in [5.41, 5.74) is -1.39. The fourth-order valence-electron chi connectivity index (χ4n) is 0.957. The molecule has 0 aromatic carbocycles. The van der Waals surface area contributed by atoms with Gasteiger partial charge in [-0.15, -0.1) is 19.4 Å². The predicted molar refractivity (Wildman–Crippen MR) is 70.7 cm³/mol. The highest BCUT2D eigenvalue weighted by Gasteiger charge is 2.37. The van der Waals surface area contributed by atoms with Gasteiger partial charge in [0, 0.05) is 0 Å². The van der Waals surface area contributed by atoms with Gasteiger partial charge in [-0.25, -0.2) is 0 Å². The van der Waals surface area contributed by atoms with E-state index in [-0.39, 0.29) is 6.61 Å². The van der Waals surface area contributed by atoms with Crippen LogP contribution in [0, 0.1) is 24.7 Å². The van der Waals surface area contributed by atoms with Gasteiger partial charge in [0.1, 0.15) is 12.2 Å². The molecule has 0 aliphatic carbocycles. The summed E-state index contributed by atoms with van der Waals surface area (Å²) < 4.78 is 23.2. The van der Waals surface area contributed by atoms with Gasteiger partial charge in [0.05, 0.1) is 5.66 Å². The maximum Gasteiger partial charge on any atom is 0.339 e. The van der Waals surface area contributed by atoms with Gasteiger partial charge < -0.3 is 0 Å². The Hall–Kier alpha value is -0.990. The third-order valence-corrected chi connectivity index (χ3v) is 4.83. The van der Waals surface area contributed by atoms with Crippen LogP contribution in [0.5, 0.6) is 0 Å². The molecule has 3 atom stereocenters. The Bertz CT molecular complexity index is 388. The average molecular weight is 254 g/mol. The van der Waals surface area contributed by atoms with Crippen LogP contribution in [-0.2, 0) is 13.6 Å². The highest BCUT2D eigenvalue weighted by Crippen LogP contribution is 2.56. The molecule has 0 fully saturated rings. The summed E-state index contributed by atoms with van der Waals surface area (Å²) >= 11 is 0. The van der Waals surface area contributed by atoms with Crippen LogP contribution in [0.4, 0.5) is 0 Å². The predicted octanol–water partition coefficient (Wildman–Crippen LogP) is 3.22. The molecule has 0 amide bonds. The summed E-state index contributed by atoms with van der Waals surface area (Å²) in [7, 11) is -3.38. The topological polar surface area (TPSA) is 35.5 Å². The lowest BCUT2D eigenvalue weighted by Crippen LogP contribution is -2.26. The van der Waals surface area contributed by atoms with Gasteiger partial charge in [0.25, 0.3) is 0 Å². The molecule has 0 heterocycles. The third-order valence-electron chi connectivity index (χ3n) is 2.48. The standard InChI is InChI=1S/C13H19O3P/c1-7-11-15-17(14,12(5)8-2)16-13(6,9-3)10-4/h1,3,8,12H,2,10-11H2,4-6H3. The molecule has 0 saturated carbocycles. The van der Waals surface area contributed by atoms with E-state index >= 15 is 0 Å². The molecule has 0 rings (SSSR count). The first-order valence-electron chi connectivity index (χ1n) is 5.36. The van der Waals surface area contributed by atoms with Crippen molar-refractivity contribution >= 4 is 7.60 Å². The summed E-state index contributed by atoms with van der Waals surface area (Å²) in [5.74, 6) is 4.74. The van der Waals surface area contributed by atoms with E-state index in [9.17, 15) is 4.57 Å². The lowest BCUT2D eigenvalue weighted by atomic mass is 10.1. The van der Waals surface area contributed by atoms with E-state index in [1.165, 1.54) is 6.08 Å². The maximum absolute atomic E-state index is 12.5. The third kappa shape index (κ3) is 4.41. The van der Waals surface area contributed by atoms with Crippen molar-refractivity contribution in [2.45, 2.75) is 38.5 Å². The van der Waals surface area contributed by atoms with E-state index < -0.39 is 18.9 Å². The average Bonchev–Trinajstić information content (AvgIpc) is 2.35. The Labute approximate surface area is 104 Å². The number of terminal acetylenes is 2. The van der Waals surface area contributed by atoms with Crippen LogP contribution in [0.2, 0.25) is 0 Å². The Morgan fingerprint density at radius 3 is 2.53 bits per heavy atom. The van der Waals surface area contributed by atoms with Crippen molar-refractivity contribution in [3.63, 3.8) is 0 Å². The molecule has 0 saturated heterocycles. The van der Waals surface area contributed by atoms with Crippen molar-refractivity contribution in [3.05, 3.63) is 12.7 Å². The first-order valence-corrected chi connectivity index (χ1v) is 6.97. The highest BCUT2D eigenvalue weighted by molar-refractivity contribution is 7.54. The monoisotopic (exact) mass is 254 g/mol. The summed E-state index contributed by atoms with van der Waals surface area (Å²) in [4.78, 5) is 0. The molecule has 0 spiro atoms. The van der Waals surface area contributed by atoms with Crippen molar-refractivity contribution in [1.82, 2.24) is 0 Å². The van der Waals surface area contributed by atoms with Gasteiger partial charge in [-0.1, -0.05) is 24.8 Å². The zero-order valence-electron chi connectivity index (χ0n) is 10.6. The molecule has 0 aromatic heterocycles. The first-order chi connectivity index (χ1) is 7.87. The van der Waals surface area contributed by atoms with E-state index in [0.29, 0.717) is 6.42 Å². The van der Waals surface area contributed by atoms with Crippen molar-refractivity contribution in [2.75, 3.05) is 6.61 Å². The Kier molecular flexibility index (Phi) is 6.29. The molecule has 3 unspecified atom stereocenters. The molecule has 0 aliphatic heterocycles. The van der Waals surface area contributed by atoms with Crippen LogP contribution in [-0.4, -0.2) is 17.9 Å².